The average Bonchev–Trinajstić information content (AvgIpc) is 3.22. The van der Waals surface area contributed by atoms with Crippen molar-refractivity contribution in [2.24, 2.45) is 5.92 Å². The molecule has 0 aromatic heterocycles. The van der Waals surface area contributed by atoms with Crippen molar-refractivity contribution in [1.82, 2.24) is 4.31 Å². The van der Waals surface area contributed by atoms with Gasteiger partial charge in [0.1, 0.15) is 0 Å². The summed E-state index contributed by atoms with van der Waals surface area (Å²) in [7, 11) is -3.64. The molecular weight excluding hydrogens is 485 g/mol. The van der Waals surface area contributed by atoms with Crippen molar-refractivity contribution >= 4 is 56.4 Å². The number of carbonyl (C=O) groups is 2. The van der Waals surface area contributed by atoms with Gasteiger partial charge in [-0.25, -0.2) is 12.7 Å². The van der Waals surface area contributed by atoms with E-state index < -0.39 is 15.9 Å². The Morgan fingerprint density at radius 3 is 2.48 bits per heavy atom. The Hall–Kier alpha value is -2.13. The molecule has 0 spiro atoms. The van der Waals surface area contributed by atoms with Gasteiger partial charge in [0.15, 0.2) is 0 Å². The SMILES string of the molecule is O=C(Nc1ccc(N2CCCC2=O)cc1)[C@@H]1CCCN(S(=O)(=O)Cc2ccc(Cl)cc2Cl)C1. The molecule has 4 rings (SSSR count). The molecule has 0 saturated carbocycles. The summed E-state index contributed by atoms with van der Waals surface area (Å²) in [6, 6.07) is 11.9. The normalized spacial score (nSPS) is 19.6. The van der Waals surface area contributed by atoms with Crippen LogP contribution in [0.3, 0.4) is 0 Å². The maximum atomic E-state index is 13.0. The smallest absolute Gasteiger partial charge is 0.228 e. The molecule has 176 valence electrons. The zero-order valence-electron chi connectivity index (χ0n) is 18.0. The molecule has 33 heavy (non-hydrogen) atoms. The molecule has 0 aliphatic carbocycles. The minimum Gasteiger partial charge on any atom is -0.326 e. The van der Waals surface area contributed by atoms with Crippen LogP contribution in [0.15, 0.2) is 42.5 Å². The summed E-state index contributed by atoms with van der Waals surface area (Å²) in [5.41, 5.74) is 1.90. The van der Waals surface area contributed by atoms with E-state index in [1.54, 1.807) is 29.2 Å². The van der Waals surface area contributed by atoms with Crippen molar-refractivity contribution < 1.29 is 18.0 Å². The largest absolute Gasteiger partial charge is 0.326 e. The number of nitrogens with zero attached hydrogens (tertiary/aromatic N) is 2. The number of rotatable bonds is 6. The first kappa shape index (κ1) is 24.0. The molecule has 1 atom stereocenters. The van der Waals surface area contributed by atoms with Gasteiger partial charge in [-0.05, 0) is 61.2 Å². The van der Waals surface area contributed by atoms with Gasteiger partial charge in [0.25, 0.3) is 0 Å². The van der Waals surface area contributed by atoms with Crippen LogP contribution in [0, 0.1) is 5.92 Å². The van der Waals surface area contributed by atoms with E-state index in [0.717, 1.165) is 12.1 Å². The number of carbonyl (C=O) groups excluding carboxylic acids is 2. The average molecular weight is 510 g/mol. The fourth-order valence-electron chi connectivity index (χ4n) is 4.23. The molecule has 1 N–H and O–H groups in total. The molecule has 2 aliphatic rings. The highest BCUT2D eigenvalue weighted by atomic mass is 35.5. The van der Waals surface area contributed by atoms with Crippen molar-refractivity contribution in [3.63, 3.8) is 0 Å². The number of benzene rings is 2. The van der Waals surface area contributed by atoms with Gasteiger partial charge in [0, 0.05) is 47.5 Å². The van der Waals surface area contributed by atoms with Gasteiger partial charge in [0.2, 0.25) is 21.8 Å². The van der Waals surface area contributed by atoms with Crippen LogP contribution in [0.2, 0.25) is 10.0 Å². The van der Waals surface area contributed by atoms with E-state index in [0.29, 0.717) is 53.6 Å². The Kier molecular flexibility index (Phi) is 7.28. The van der Waals surface area contributed by atoms with Gasteiger partial charge in [-0.3, -0.25) is 9.59 Å². The standard InChI is InChI=1S/C23H25Cl2N3O4S/c24-18-6-5-17(21(25)13-18)15-33(31,32)27-11-1-3-16(14-27)23(30)26-19-7-9-20(10-8-19)28-12-2-4-22(28)29/h5-10,13,16H,1-4,11-12,14-15H2,(H,26,30)/t16-/m1/s1. The van der Waals surface area contributed by atoms with Crippen LogP contribution in [0.5, 0.6) is 0 Å². The predicted molar refractivity (Wildman–Crippen MR) is 130 cm³/mol. The molecule has 2 heterocycles. The summed E-state index contributed by atoms with van der Waals surface area (Å²) < 4.78 is 27.3. The lowest BCUT2D eigenvalue weighted by Gasteiger charge is -2.31. The Balaban J connectivity index is 1.38. The van der Waals surface area contributed by atoms with Crippen molar-refractivity contribution in [2.75, 3.05) is 29.9 Å². The van der Waals surface area contributed by atoms with Crippen LogP contribution < -0.4 is 10.2 Å². The lowest BCUT2D eigenvalue weighted by atomic mass is 9.98. The molecule has 2 amide bonds. The Morgan fingerprint density at radius 2 is 1.82 bits per heavy atom. The maximum absolute atomic E-state index is 13.0. The minimum absolute atomic E-state index is 0.107. The van der Waals surface area contributed by atoms with E-state index in [-0.39, 0.29) is 24.1 Å². The van der Waals surface area contributed by atoms with Gasteiger partial charge in [-0.15, -0.1) is 0 Å². The highest BCUT2D eigenvalue weighted by Gasteiger charge is 2.33. The Labute approximate surface area is 203 Å². The fraction of sp³-hybridized carbons (Fsp3) is 0.391. The van der Waals surface area contributed by atoms with Gasteiger partial charge >= 0.3 is 0 Å². The molecular formula is C23H25Cl2N3O4S. The number of anilines is 2. The van der Waals surface area contributed by atoms with E-state index in [1.165, 1.54) is 10.4 Å². The third-order valence-corrected chi connectivity index (χ3v) is 8.40. The first-order valence-electron chi connectivity index (χ1n) is 10.9. The van der Waals surface area contributed by atoms with Crippen LogP contribution in [-0.4, -0.2) is 44.2 Å². The van der Waals surface area contributed by atoms with Gasteiger partial charge in [-0.2, -0.15) is 0 Å². The van der Waals surface area contributed by atoms with Gasteiger partial charge in [0.05, 0.1) is 11.7 Å². The van der Waals surface area contributed by atoms with Crippen molar-refractivity contribution in [2.45, 2.75) is 31.4 Å². The third kappa shape index (κ3) is 5.69. The number of amides is 2. The molecule has 2 fully saturated rings. The first-order chi connectivity index (χ1) is 15.7. The molecule has 7 nitrogen and oxygen atoms in total. The van der Waals surface area contributed by atoms with Gasteiger partial charge in [-0.1, -0.05) is 29.3 Å². The molecule has 2 aromatic carbocycles. The summed E-state index contributed by atoms with van der Waals surface area (Å²) in [6.45, 7) is 1.20. The van der Waals surface area contributed by atoms with Crippen molar-refractivity contribution in [3.8, 4) is 0 Å². The van der Waals surface area contributed by atoms with Crippen molar-refractivity contribution in [1.29, 1.82) is 0 Å². The number of piperidine rings is 1. The van der Waals surface area contributed by atoms with E-state index in [9.17, 15) is 18.0 Å². The minimum atomic E-state index is -3.64. The summed E-state index contributed by atoms with van der Waals surface area (Å²) in [5.74, 6) is -0.803. The van der Waals surface area contributed by atoms with E-state index in [2.05, 4.69) is 5.32 Å². The second kappa shape index (κ2) is 10.0. The second-order valence-electron chi connectivity index (χ2n) is 8.37. The summed E-state index contributed by atoms with van der Waals surface area (Å²) >= 11 is 12.1. The number of hydrogen-bond acceptors (Lipinski definition) is 4. The highest BCUT2D eigenvalue weighted by molar-refractivity contribution is 7.88. The zero-order valence-corrected chi connectivity index (χ0v) is 20.3. The van der Waals surface area contributed by atoms with E-state index >= 15 is 0 Å². The van der Waals surface area contributed by atoms with Crippen LogP contribution in [-0.2, 0) is 25.4 Å². The first-order valence-corrected chi connectivity index (χ1v) is 13.2. The molecule has 2 aliphatic heterocycles. The molecule has 0 radical (unpaired) electrons. The quantitative estimate of drug-likeness (QED) is 0.628. The number of hydrogen-bond donors (Lipinski definition) is 1. The van der Waals surface area contributed by atoms with Crippen LogP contribution >= 0.6 is 23.2 Å². The summed E-state index contributed by atoms with van der Waals surface area (Å²) in [5, 5.41) is 3.62. The van der Waals surface area contributed by atoms with Crippen LogP contribution in [0.25, 0.3) is 0 Å². The summed E-state index contributed by atoms with van der Waals surface area (Å²) in [6.07, 6.45) is 2.62. The van der Waals surface area contributed by atoms with Gasteiger partial charge < -0.3 is 10.2 Å². The Morgan fingerprint density at radius 1 is 1.06 bits per heavy atom. The second-order valence-corrected chi connectivity index (χ2v) is 11.2. The Bertz CT molecular complexity index is 1150. The fourth-order valence-corrected chi connectivity index (χ4v) is 6.42. The number of nitrogens with one attached hydrogen (secondary N) is 1. The number of sulfonamides is 1. The van der Waals surface area contributed by atoms with Crippen molar-refractivity contribution in [3.05, 3.63) is 58.1 Å². The predicted octanol–water partition coefficient (Wildman–Crippen LogP) is 4.30. The molecule has 10 heteroatoms. The molecule has 2 aromatic rings. The van der Waals surface area contributed by atoms with E-state index in [1.807, 2.05) is 12.1 Å². The third-order valence-electron chi connectivity index (χ3n) is 6.02. The molecule has 0 bridgehead atoms. The van der Waals surface area contributed by atoms with Crippen LogP contribution in [0.1, 0.15) is 31.2 Å². The lowest BCUT2D eigenvalue weighted by molar-refractivity contribution is -0.121. The zero-order chi connectivity index (χ0) is 23.6. The summed E-state index contributed by atoms with van der Waals surface area (Å²) in [4.78, 5) is 26.5. The van der Waals surface area contributed by atoms with Crippen LogP contribution in [0.4, 0.5) is 11.4 Å². The lowest BCUT2D eigenvalue weighted by Crippen LogP contribution is -2.44. The monoisotopic (exact) mass is 509 g/mol. The molecule has 0 unspecified atom stereocenters. The van der Waals surface area contributed by atoms with E-state index in [4.69, 9.17) is 23.2 Å². The molecule has 2 saturated heterocycles. The topological polar surface area (TPSA) is 86.8 Å². The maximum Gasteiger partial charge on any atom is 0.228 e. The number of halogens is 2. The highest BCUT2D eigenvalue weighted by Crippen LogP contribution is 2.27.